The number of hydrogen-bond acceptors (Lipinski definition) is 3. The van der Waals surface area contributed by atoms with Crippen LogP contribution in [-0.2, 0) is 9.59 Å². The largest absolute Gasteiger partial charge is 0.497 e. The molecule has 1 aromatic carbocycles. The van der Waals surface area contributed by atoms with Gasteiger partial charge in [-0.15, -0.1) is 0 Å². The van der Waals surface area contributed by atoms with Crippen molar-refractivity contribution in [2.75, 3.05) is 7.11 Å². The Morgan fingerprint density at radius 2 is 1.80 bits per heavy atom. The molecule has 5 nitrogen and oxygen atoms in total. The minimum absolute atomic E-state index is 0.0668. The van der Waals surface area contributed by atoms with Crippen LogP contribution in [0.1, 0.15) is 38.2 Å². The third-order valence-corrected chi connectivity index (χ3v) is 3.06. The van der Waals surface area contributed by atoms with Gasteiger partial charge in [0.2, 0.25) is 5.91 Å². The van der Waals surface area contributed by atoms with Crippen LogP contribution in [0.3, 0.4) is 0 Å². The van der Waals surface area contributed by atoms with E-state index in [1.807, 2.05) is 31.2 Å². The molecule has 2 unspecified atom stereocenters. The Morgan fingerprint density at radius 3 is 2.30 bits per heavy atom. The first-order valence-corrected chi connectivity index (χ1v) is 6.57. The Kier molecular flexibility index (Phi) is 6.03. The number of carboxylic acid groups (broad SMARTS) is 1. The Bertz CT molecular complexity index is 455. The van der Waals surface area contributed by atoms with E-state index in [1.54, 1.807) is 14.0 Å². The number of ether oxygens (including phenoxy) is 1. The van der Waals surface area contributed by atoms with Crippen LogP contribution in [0, 0.1) is 0 Å². The third kappa shape index (κ3) is 5.30. The van der Waals surface area contributed by atoms with Crippen molar-refractivity contribution in [3.63, 3.8) is 0 Å². The van der Waals surface area contributed by atoms with Crippen LogP contribution in [0.4, 0.5) is 0 Å². The Balaban J connectivity index is 2.49. The summed E-state index contributed by atoms with van der Waals surface area (Å²) in [5.74, 6) is -0.207. The predicted octanol–water partition coefficient (Wildman–Crippen LogP) is 2.17. The number of carbonyl (C=O) groups is 2. The van der Waals surface area contributed by atoms with Gasteiger partial charge in [-0.2, -0.15) is 0 Å². The highest BCUT2D eigenvalue weighted by Crippen LogP contribution is 2.21. The lowest BCUT2D eigenvalue weighted by molar-refractivity contribution is -0.137. The summed E-state index contributed by atoms with van der Waals surface area (Å²) in [5, 5.41) is 11.3. The van der Waals surface area contributed by atoms with Gasteiger partial charge in [-0.3, -0.25) is 9.59 Å². The average Bonchev–Trinajstić information content (AvgIpc) is 2.37. The summed E-state index contributed by atoms with van der Waals surface area (Å²) in [5.41, 5.74) is 1.05. The van der Waals surface area contributed by atoms with Crippen LogP contribution in [-0.4, -0.2) is 30.1 Å². The Hall–Kier alpha value is -2.04. The topological polar surface area (TPSA) is 75.6 Å². The zero-order valence-corrected chi connectivity index (χ0v) is 12.1. The highest BCUT2D eigenvalue weighted by molar-refractivity contribution is 5.78. The number of benzene rings is 1. The molecule has 1 amide bonds. The molecule has 0 fully saturated rings. The van der Waals surface area contributed by atoms with Gasteiger partial charge in [0, 0.05) is 12.5 Å². The van der Waals surface area contributed by atoms with Gasteiger partial charge in [0.15, 0.2) is 0 Å². The smallest absolute Gasteiger partial charge is 0.305 e. The number of aliphatic carboxylic acids is 1. The molecule has 0 spiro atoms. The lowest BCUT2D eigenvalue weighted by Crippen LogP contribution is -2.34. The number of carbonyl (C=O) groups excluding carboxylic acids is 1. The van der Waals surface area contributed by atoms with Crippen molar-refractivity contribution < 1.29 is 19.4 Å². The fourth-order valence-electron chi connectivity index (χ4n) is 1.98. The first-order chi connectivity index (χ1) is 9.42. The van der Waals surface area contributed by atoms with Crippen molar-refractivity contribution in [2.24, 2.45) is 0 Å². The maximum absolute atomic E-state index is 11.8. The minimum atomic E-state index is -0.916. The molecule has 1 aromatic rings. The highest BCUT2D eigenvalue weighted by Gasteiger charge is 2.15. The van der Waals surface area contributed by atoms with Crippen molar-refractivity contribution in [3.05, 3.63) is 29.8 Å². The molecular weight excluding hydrogens is 258 g/mol. The third-order valence-electron chi connectivity index (χ3n) is 3.06. The van der Waals surface area contributed by atoms with E-state index in [2.05, 4.69) is 5.32 Å². The molecule has 0 saturated heterocycles. The fraction of sp³-hybridized carbons (Fsp3) is 0.467. The van der Waals surface area contributed by atoms with Crippen LogP contribution in [0.15, 0.2) is 24.3 Å². The first kappa shape index (κ1) is 16.0. The first-order valence-electron chi connectivity index (χ1n) is 6.57. The van der Waals surface area contributed by atoms with Crippen LogP contribution in [0.25, 0.3) is 0 Å². The second kappa shape index (κ2) is 7.53. The van der Waals surface area contributed by atoms with E-state index in [1.165, 1.54) is 0 Å². The molecular formula is C15H21NO4. The standard InChI is InChI=1S/C15H21NO4/c1-10(12-4-6-13(20-3)7-5-12)8-14(17)16-11(2)9-15(18)19/h4-7,10-11H,8-9H2,1-3H3,(H,16,17)(H,18,19). The van der Waals surface area contributed by atoms with Crippen molar-refractivity contribution >= 4 is 11.9 Å². The SMILES string of the molecule is COc1ccc(C(C)CC(=O)NC(C)CC(=O)O)cc1. The lowest BCUT2D eigenvalue weighted by atomic mass is 9.97. The molecule has 0 aliphatic carbocycles. The molecule has 0 radical (unpaired) electrons. The van der Waals surface area contributed by atoms with Gasteiger partial charge in [0.25, 0.3) is 0 Å². The van der Waals surface area contributed by atoms with Crippen molar-refractivity contribution in [1.82, 2.24) is 5.32 Å². The van der Waals surface area contributed by atoms with E-state index in [4.69, 9.17) is 9.84 Å². The highest BCUT2D eigenvalue weighted by atomic mass is 16.5. The fourth-order valence-corrected chi connectivity index (χ4v) is 1.98. The summed E-state index contributed by atoms with van der Waals surface area (Å²) in [6.07, 6.45) is 0.263. The normalized spacial score (nSPS) is 13.3. The quantitative estimate of drug-likeness (QED) is 0.802. The second-order valence-corrected chi connectivity index (χ2v) is 4.94. The van der Waals surface area contributed by atoms with E-state index in [0.29, 0.717) is 6.42 Å². The van der Waals surface area contributed by atoms with E-state index in [0.717, 1.165) is 11.3 Å². The van der Waals surface area contributed by atoms with E-state index < -0.39 is 5.97 Å². The lowest BCUT2D eigenvalue weighted by Gasteiger charge is -2.15. The predicted molar refractivity (Wildman–Crippen MR) is 75.9 cm³/mol. The molecule has 0 aromatic heterocycles. The summed E-state index contributed by atoms with van der Waals surface area (Å²) >= 11 is 0. The Morgan fingerprint density at radius 1 is 1.20 bits per heavy atom. The second-order valence-electron chi connectivity index (χ2n) is 4.94. The van der Waals surface area contributed by atoms with E-state index in [-0.39, 0.29) is 24.3 Å². The number of nitrogens with one attached hydrogen (secondary N) is 1. The maximum atomic E-state index is 11.8. The van der Waals surface area contributed by atoms with Gasteiger partial charge in [-0.25, -0.2) is 0 Å². The van der Waals surface area contributed by atoms with Gasteiger partial charge in [0.05, 0.1) is 13.5 Å². The van der Waals surface area contributed by atoms with Gasteiger partial charge < -0.3 is 15.2 Å². The van der Waals surface area contributed by atoms with Crippen molar-refractivity contribution in [2.45, 2.75) is 38.6 Å². The van der Waals surface area contributed by atoms with Gasteiger partial charge in [-0.1, -0.05) is 19.1 Å². The number of amides is 1. The van der Waals surface area contributed by atoms with Crippen molar-refractivity contribution in [1.29, 1.82) is 0 Å². The number of methoxy groups -OCH3 is 1. The van der Waals surface area contributed by atoms with Crippen molar-refractivity contribution in [3.8, 4) is 5.75 Å². The van der Waals surface area contributed by atoms with Crippen LogP contribution < -0.4 is 10.1 Å². The molecule has 0 bridgehead atoms. The molecule has 2 atom stereocenters. The minimum Gasteiger partial charge on any atom is -0.497 e. The molecule has 5 heteroatoms. The van der Waals surface area contributed by atoms with Gasteiger partial charge in [0.1, 0.15) is 5.75 Å². The summed E-state index contributed by atoms with van der Waals surface area (Å²) in [6.45, 7) is 3.65. The molecule has 0 heterocycles. The van der Waals surface area contributed by atoms with Crippen LogP contribution in [0.5, 0.6) is 5.75 Å². The van der Waals surface area contributed by atoms with E-state index >= 15 is 0 Å². The zero-order chi connectivity index (χ0) is 15.1. The zero-order valence-electron chi connectivity index (χ0n) is 12.1. The molecule has 110 valence electrons. The molecule has 0 aliphatic heterocycles. The van der Waals surface area contributed by atoms with E-state index in [9.17, 15) is 9.59 Å². The summed E-state index contributed by atoms with van der Waals surface area (Å²) in [6, 6.07) is 7.21. The van der Waals surface area contributed by atoms with Gasteiger partial charge in [-0.05, 0) is 30.5 Å². The molecule has 0 aliphatic rings. The molecule has 0 saturated carbocycles. The molecule has 1 rings (SSSR count). The molecule has 20 heavy (non-hydrogen) atoms. The summed E-state index contributed by atoms with van der Waals surface area (Å²) < 4.78 is 5.08. The van der Waals surface area contributed by atoms with Crippen LogP contribution in [0.2, 0.25) is 0 Å². The summed E-state index contributed by atoms with van der Waals surface area (Å²) in [7, 11) is 1.61. The monoisotopic (exact) mass is 279 g/mol. The maximum Gasteiger partial charge on any atom is 0.305 e. The Labute approximate surface area is 118 Å². The molecule has 2 N–H and O–H groups in total. The average molecular weight is 279 g/mol. The van der Waals surface area contributed by atoms with Gasteiger partial charge >= 0.3 is 5.97 Å². The number of hydrogen-bond donors (Lipinski definition) is 2. The number of rotatable bonds is 7. The summed E-state index contributed by atoms with van der Waals surface area (Å²) in [4.78, 5) is 22.3. The van der Waals surface area contributed by atoms with Crippen LogP contribution >= 0.6 is 0 Å². The number of carboxylic acids is 1.